The summed E-state index contributed by atoms with van der Waals surface area (Å²) in [6.07, 6.45) is 5.00. The van der Waals surface area contributed by atoms with Gasteiger partial charge in [0.05, 0.1) is 5.71 Å². The van der Waals surface area contributed by atoms with Gasteiger partial charge in [0.2, 0.25) is 5.91 Å². The minimum atomic E-state index is 0.186. The molecule has 1 saturated heterocycles. The lowest BCUT2D eigenvalue weighted by Crippen LogP contribution is -2.36. The molecule has 5 heteroatoms. The highest BCUT2D eigenvalue weighted by atomic mass is 16.4. The molecule has 0 aromatic carbocycles. The van der Waals surface area contributed by atoms with Crippen LogP contribution in [0.25, 0.3) is 0 Å². The van der Waals surface area contributed by atoms with Crippen molar-refractivity contribution in [1.29, 1.82) is 0 Å². The maximum Gasteiger partial charge on any atom is 0.220 e. The van der Waals surface area contributed by atoms with E-state index in [1.807, 2.05) is 62.3 Å². The summed E-state index contributed by atoms with van der Waals surface area (Å²) >= 11 is 0. The van der Waals surface area contributed by atoms with E-state index in [4.69, 9.17) is 5.21 Å². The van der Waals surface area contributed by atoms with Crippen LogP contribution in [0.2, 0.25) is 0 Å². The fourth-order valence-corrected chi connectivity index (χ4v) is 1.63. The van der Waals surface area contributed by atoms with Crippen molar-refractivity contribution < 1.29 is 14.8 Å². The number of ketones is 1. The molecule has 1 atom stereocenters. The van der Waals surface area contributed by atoms with Crippen LogP contribution < -0.4 is 5.32 Å². The molecular formula is C21H48N2O3. The van der Waals surface area contributed by atoms with Crippen molar-refractivity contribution in [3.05, 3.63) is 0 Å². The van der Waals surface area contributed by atoms with E-state index >= 15 is 0 Å². The number of rotatable bonds is 4. The Morgan fingerprint density at radius 2 is 1.50 bits per heavy atom. The molecule has 1 aliphatic rings. The van der Waals surface area contributed by atoms with Gasteiger partial charge in [-0.1, -0.05) is 60.5 Å². The van der Waals surface area contributed by atoms with Gasteiger partial charge in [0, 0.05) is 18.9 Å². The smallest absolute Gasteiger partial charge is 0.220 e. The van der Waals surface area contributed by atoms with Crippen LogP contribution >= 0.6 is 0 Å². The normalized spacial score (nSPS) is 14.5. The number of nitrogens with one attached hydrogen (secondary N) is 1. The van der Waals surface area contributed by atoms with Crippen LogP contribution in [0.1, 0.15) is 115 Å². The largest absolute Gasteiger partial charge is 0.411 e. The van der Waals surface area contributed by atoms with Crippen LogP contribution in [-0.2, 0) is 9.59 Å². The number of nitrogens with zero attached hydrogens (tertiary/aromatic N) is 1. The molecule has 0 bridgehead atoms. The second-order valence-corrected chi connectivity index (χ2v) is 4.75. The van der Waals surface area contributed by atoms with Gasteiger partial charge in [-0.05, 0) is 46.5 Å². The van der Waals surface area contributed by atoms with Crippen LogP contribution in [0.4, 0.5) is 0 Å². The molecule has 1 unspecified atom stereocenters. The van der Waals surface area contributed by atoms with E-state index in [0.29, 0.717) is 24.6 Å². The Labute approximate surface area is 164 Å². The fraction of sp³-hybridized carbons (Fsp3) is 0.857. The van der Waals surface area contributed by atoms with E-state index in [2.05, 4.69) is 10.5 Å². The molecule has 160 valence electrons. The Morgan fingerprint density at radius 1 is 1.04 bits per heavy atom. The van der Waals surface area contributed by atoms with Gasteiger partial charge in [-0.15, -0.1) is 0 Å². The van der Waals surface area contributed by atoms with Crippen molar-refractivity contribution in [3.8, 4) is 0 Å². The van der Waals surface area contributed by atoms with Crippen LogP contribution in [-0.4, -0.2) is 28.7 Å². The summed E-state index contributed by atoms with van der Waals surface area (Å²) in [5.74, 6) is 0.398. The second-order valence-electron chi connectivity index (χ2n) is 4.75. The Morgan fingerprint density at radius 3 is 1.77 bits per heavy atom. The number of carbonyl (C=O) groups is 2. The zero-order valence-electron chi connectivity index (χ0n) is 19.5. The van der Waals surface area contributed by atoms with Crippen molar-refractivity contribution in [2.45, 2.75) is 121 Å². The zero-order valence-corrected chi connectivity index (χ0v) is 19.5. The van der Waals surface area contributed by atoms with Crippen molar-refractivity contribution in [1.82, 2.24) is 5.32 Å². The summed E-state index contributed by atoms with van der Waals surface area (Å²) in [6, 6.07) is 0.413. The molecule has 1 heterocycles. The summed E-state index contributed by atoms with van der Waals surface area (Å²) in [5, 5.41) is 14.0. The van der Waals surface area contributed by atoms with Crippen molar-refractivity contribution in [2.24, 2.45) is 5.16 Å². The van der Waals surface area contributed by atoms with Crippen LogP contribution in [0.5, 0.6) is 0 Å². The molecule has 5 nitrogen and oxygen atoms in total. The number of hydrogen-bond acceptors (Lipinski definition) is 4. The first kappa shape index (κ1) is 35.7. The summed E-state index contributed by atoms with van der Waals surface area (Å²) in [4.78, 5) is 21.0. The molecular weight excluding hydrogens is 328 g/mol. The van der Waals surface area contributed by atoms with Crippen molar-refractivity contribution >= 4 is 17.4 Å². The van der Waals surface area contributed by atoms with Gasteiger partial charge in [-0.25, -0.2) is 0 Å². The number of amides is 1. The molecule has 1 rings (SSSR count). The summed E-state index contributed by atoms with van der Waals surface area (Å²) in [7, 11) is 0. The van der Waals surface area contributed by atoms with E-state index in [1.165, 1.54) is 0 Å². The first-order valence-electron chi connectivity index (χ1n) is 10.4. The number of hydrogen-bond donors (Lipinski definition) is 2. The molecule has 0 aromatic heterocycles. The highest BCUT2D eigenvalue weighted by Gasteiger charge is 2.12. The molecule has 1 aliphatic heterocycles. The van der Waals surface area contributed by atoms with Gasteiger partial charge in [0.25, 0.3) is 0 Å². The van der Waals surface area contributed by atoms with Crippen LogP contribution in [0.3, 0.4) is 0 Å². The van der Waals surface area contributed by atoms with Crippen molar-refractivity contribution in [2.75, 3.05) is 0 Å². The zero-order chi connectivity index (χ0) is 22.0. The lowest BCUT2D eigenvalue weighted by molar-refractivity contribution is -0.123. The molecule has 1 amide bonds. The number of Topliss-reactive ketones (excluding diaryl/α,β-unsaturated/α-hetero) is 1. The average Bonchev–Trinajstić information content (AvgIpc) is 2.68. The van der Waals surface area contributed by atoms with E-state index < -0.39 is 0 Å². The summed E-state index contributed by atoms with van der Waals surface area (Å²) in [5.41, 5.74) is 0.682. The van der Waals surface area contributed by atoms with Gasteiger partial charge < -0.3 is 15.3 Å². The van der Waals surface area contributed by atoms with Crippen molar-refractivity contribution in [3.63, 3.8) is 0 Å². The summed E-state index contributed by atoms with van der Waals surface area (Å²) < 4.78 is 0. The number of piperidine rings is 1. The Bertz CT molecular complexity index is 304. The van der Waals surface area contributed by atoms with Gasteiger partial charge in [-0.3, -0.25) is 4.79 Å². The minimum Gasteiger partial charge on any atom is -0.411 e. The molecule has 0 radical (unpaired) electrons. The third-order valence-corrected chi connectivity index (χ3v) is 2.69. The lowest BCUT2D eigenvalue weighted by atomic mass is 10.1. The minimum absolute atomic E-state index is 0.186. The van der Waals surface area contributed by atoms with Crippen LogP contribution in [0.15, 0.2) is 5.16 Å². The van der Waals surface area contributed by atoms with E-state index in [0.717, 1.165) is 25.7 Å². The first-order chi connectivity index (χ1) is 12.5. The Kier molecular flexibility index (Phi) is 47.8. The van der Waals surface area contributed by atoms with E-state index in [1.54, 1.807) is 13.8 Å². The molecule has 2 N–H and O–H groups in total. The van der Waals surface area contributed by atoms with Crippen LogP contribution in [0, 0.1) is 0 Å². The SMILES string of the molecule is CC.CC.CC.CC.CC(=O)CCC/C(C)=N\O.CC1CCCC(=O)N1. The highest BCUT2D eigenvalue weighted by molar-refractivity contribution is 5.82. The van der Waals surface area contributed by atoms with Gasteiger partial charge in [0.15, 0.2) is 0 Å². The van der Waals surface area contributed by atoms with E-state index in [9.17, 15) is 9.59 Å². The molecule has 0 saturated carbocycles. The maximum absolute atomic E-state index is 10.6. The highest BCUT2D eigenvalue weighted by Crippen LogP contribution is 2.06. The monoisotopic (exact) mass is 376 g/mol. The van der Waals surface area contributed by atoms with Gasteiger partial charge in [-0.2, -0.15) is 0 Å². The third kappa shape index (κ3) is 38.3. The molecule has 0 aliphatic carbocycles. The Hall–Kier alpha value is -1.39. The third-order valence-electron chi connectivity index (χ3n) is 2.69. The van der Waals surface area contributed by atoms with Gasteiger partial charge in [0.1, 0.15) is 5.78 Å². The van der Waals surface area contributed by atoms with Gasteiger partial charge >= 0.3 is 0 Å². The molecule has 26 heavy (non-hydrogen) atoms. The molecule has 0 spiro atoms. The second kappa shape index (κ2) is 34.9. The number of carbonyl (C=O) groups excluding carboxylic acids is 2. The molecule has 0 aromatic rings. The number of oxime groups is 1. The quantitative estimate of drug-likeness (QED) is 0.339. The predicted octanol–water partition coefficient (Wildman–Crippen LogP) is 6.38. The predicted molar refractivity (Wildman–Crippen MR) is 116 cm³/mol. The first-order valence-corrected chi connectivity index (χ1v) is 10.4. The average molecular weight is 377 g/mol. The molecule has 1 fully saturated rings. The topological polar surface area (TPSA) is 78.8 Å². The fourth-order valence-electron chi connectivity index (χ4n) is 1.63. The maximum atomic E-state index is 10.6. The Balaban J connectivity index is -0.0000000822. The van der Waals surface area contributed by atoms with E-state index in [-0.39, 0.29) is 11.7 Å². The standard InChI is InChI=1S/C7H13NO2.C6H11NO.4C2H6/c1-6(8-10)4-3-5-7(2)9;1-5-3-2-4-6(8)7-5;4*1-2/h10H,3-5H2,1-2H3;5H,2-4H2,1H3,(H,7,8);4*1-2H3/b8-6-;;;;;. The summed E-state index contributed by atoms with van der Waals surface area (Å²) in [6.45, 7) is 21.3. The lowest BCUT2D eigenvalue weighted by Gasteiger charge is -2.18.